The summed E-state index contributed by atoms with van der Waals surface area (Å²) >= 11 is 3.27. The van der Waals surface area contributed by atoms with E-state index in [1.165, 1.54) is 0 Å². The lowest BCUT2D eigenvalue weighted by Gasteiger charge is -2.16. The zero-order valence-electron chi connectivity index (χ0n) is 7.24. The van der Waals surface area contributed by atoms with E-state index in [4.69, 9.17) is 5.73 Å². The van der Waals surface area contributed by atoms with Crippen molar-refractivity contribution in [2.45, 2.75) is 19.1 Å². The summed E-state index contributed by atoms with van der Waals surface area (Å²) in [5.41, 5.74) is 6.22. The van der Waals surface area contributed by atoms with Gasteiger partial charge in [0.05, 0.1) is 12.1 Å². The van der Waals surface area contributed by atoms with Crippen molar-refractivity contribution in [3.05, 3.63) is 28.2 Å². The molecule has 0 aliphatic carbocycles. The highest BCUT2D eigenvalue weighted by atomic mass is 79.9. The monoisotopic (exact) mass is 245 g/mol. The molecule has 1 rings (SSSR count). The van der Waals surface area contributed by atoms with Crippen molar-refractivity contribution in [1.29, 1.82) is 0 Å². The topological polar surface area (TPSA) is 66.5 Å². The molecule has 0 saturated heterocycles. The summed E-state index contributed by atoms with van der Waals surface area (Å²) in [6, 6.07) is 4.40. The van der Waals surface area contributed by atoms with Crippen LogP contribution in [0.2, 0.25) is 0 Å². The van der Waals surface area contributed by atoms with Crippen molar-refractivity contribution in [3.63, 3.8) is 0 Å². The van der Waals surface area contributed by atoms with E-state index in [0.717, 1.165) is 4.47 Å². The molecule has 0 heterocycles. The fraction of sp³-hybridized carbons (Fsp3) is 0.333. The first-order valence-electron chi connectivity index (χ1n) is 3.94. The van der Waals surface area contributed by atoms with E-state index in [9.17, 15) is 10.2 Å². The van der Waals surface area contributed by atoms with Crippen LogP contribution in [-0.2, 0) is 0 Å². The Labute approximate surface area is 85.3 Å². The first-order valence-corrected chi connectivity index (χ1v) is 4.73. The maximum Gasteiger partial charge on any atom is 0.120 e. The molecule has 13 heavy (non-hydrogen) atoms. The molecule has 1 aromatic carbocycles. The number of phenolic OH excluding ortho intramolecular Hbond substituents is 1. The smallest absolute Gasteiger partial charge is 0.120 e. The molecular formula is C9H12BrNO2. The van der Waals surface area contributed by atoms with Crippen LogP contribution in [-0.4, -0.2) is 16.3 Å². The van der Waals surface area contributed by atoms with Crippen molar-refractivity contribution in [3.8, 4) is 5.75 Å². The minimum atomic E-state index is -0.680. The lowest BCUT2D eigenvalue weighted by Crippen LogP contribution is -2.23. The molecule has 0 bridgehead atoms. The number of aliphatic hydroxyl groups excluding tert-OH is 1. The summed E-state index contributed by atoms with van der Waals surface area (Å²) < 4.78 is 0.830. The van der Waals surface area contributed by atoms with Crippen LogP contribution in [0.3, 0.4) is 0 Å². The van der Waals surface area contributed by atoms with Crippen molar-refractivity contribution in [1.82, 2.24) is 0 Å². The van der Waals surface area contributed by atoms with Crippen LogP contribution in [0.4, 0.5) is 0 Å². The van der Waals surface area contributed by atoms with E-state index in [0.29, 0.717) is 5.56 Å². The molecule has 0 aliphatic heterocycles. The van der Waals surface area contributed by atoms with Crippen molar-refractivity contribution in [2.24, 2.45) is 5.73 Å². The first-order chi connectivity index (χ1) is 6.02. The van der Waals surface area contributed by atoms with Gasteiger partial charge in [0.15, 0.2) is 0 Å². The van der Waals surface area contributed by atoms with E-state index in [2.05, 4.69) is 15.9 Å². The van der Waals surface area contributed by atoms with Gasteiger partial charge in [-0.1, -0.05) is 15.9 Å². The Balaban J connectivity index is 3.05. The molecule has 0 aliphatic rings. The second-order valence-electron chi connectivity index (χ2n) is 2.97. The lowest BCUT2D eigenvalue weighted by molar-refractivity contribution is 0.163. The number of hydrogen-bond acceptors (Lipinski definition) is 3. The highest BCUT2D eigenvalue weighted by Crippen LogP contribution is 2.27. The predicted octanol–water partition coefficient (Wildman–Crippen LogP) is 1.54. The Morgan fingerprint density at radius 3 is 2.62 bits per heavy atom. The normalized spacial score (nSPS) is 15.4. The van der Waals surface area contributed by atoms with Gasteiger partial charge in [0.25, 0.3) is 0 Å². The van der Waals surface area contributed by atoms with Crippen molar-refractivity contribution in [2.75, 3.05) is 0 Å². The maximum absolute atomic E-state index is 9.44. The second kappa shape index (κ2) is 4.09. The Bertz CT molecular complexity index is 302. The second-order valence-corrected chi connectivity index (χ2v) is 3.89. The standard InChI is InChI=1S/C9H12BrNO2/c1-5(12)9(11)7-4-6(10)2-3-8(7)13/h2-5,9,12-13H,11H2,1H3/t5?,9-/m0/s1. The van der Waals surface area contributed by atoms with Gasteiger partial charge in [0.2, 0.25) is 0 Å². The molecule has 0 amide bonds. The van der Waals surface area contributed by atoms with Crippen LogP contribution >= 0.6 is 15.9 Å². The van der Waals surface area contributed by atoms with Crippen LogP contribution in [0.15, 0.2) is 22.7 Å². The van der Waals surface area contributed by atoms with Crippen LogP contribution in [0.25, 0.3) is 0 Å². The first kappa shape index (κ1) is 10.5. The van der Waals surface area contributed by atoms with Crippen LogP contribution in [0.1, 0.15) is 18.5 Å². The highest BCUT2D eigenvalue weighted by molar-refractivity contribution is 9.10. The summed E-state index contributed by atoms with van der Waals surface area (Å²) in [5, 5.41) is 18.7. The third-order valence-corrected chi connectivity index (χ3v) is 2.36. The Morgan fingerprint density at radius 2 is 2.08 bits per heavy atom. The average Bonchev–Trinajstić information content (AvgIpc) is 2.08. The summed E-state index contributed by atoms with van der Waals surface area (Å²) in [7, 11) is 0. The van der Waals surface area contributed by atoms with Crippen molar-refractivity contribution < 1.29 is 10.2 Å². The summed E-state index contributed by atoms with van der Waals surface area (Å²) in [6.45, 7) is 1.59. The van der Waals surface area contributed by atoms with Crippen LogP contribution in [0, 0.1) is 0 Å². The van der Waals surface area contributed by atoms with Gasteiger partial charge in [-0.25, -0.2) is 0 Å². The molecule has 0 saturated carbocycles. The van der Waals surface area contributed by atoms with Gasteiger partial charge in [0.1, 0.15) is 5.75 Å². The molecule has 0 radical (unpaired) electrons. The van der Waals surface area contributed by atoms with E-state index in [1.807, 2.05) is 0 Å². The zero-order valence-corrected chi connectivity index (χ0v) is 8.82. The van der Waals surface area contributed by atoms with Gasteiger partial charge in [-0.15, -0.1) is 0 Å². The Kier molecular flexibility index (Phi) is 3.30. The number of aliphatic hydroxyl groups is 1. The largest absolute Gasteiger partial charge is 0.508 e. The quantitative estimate of drug-likeness (QED) is 0.741. The van der Waals surface area contributed by atoms with Gasteiger partial charge in [-0.3, -0.25) is 0 Å². The third kappa shape index (κ3) is 2.43. The molecule has 1 unspecified atom stereocenters. The minimum absolute atomic E-state index is 0.108. The van der Waals surface area contributed by atoms with Crippen molar-refractivity contribution >= 4 is 15.9 Å². The molecule has 0 aromatic heterocycles. The van der Waals surface area contributed by atoms with Gasteiger partial charge in [-0.05, 0) is 25.1 Å². The third-order valence-electron chi connectivity index (χ3n) is 1.87. The molecule has 4 heteroatoms. The van der Waals surface area contributed by atoms with Gasteiger partial charge >= 0.3 is 0 Å². The maximum atomic E-state index is 9.44. The molecule has 4 N–H and O–H groups in total. The number of halogens is 1. The predicted molar refractivity (Wildman–Crippen MR) is 54.4 cm³/mol. The average molecular weight is 246 g/mol. The van der Waals surface area contributed by atoms with Gasteiger partial charge < -0.3 is 15.9 Å². The number of rotatable bonds is 2. The van der Waals surface area contributed by atoms with E-state index < -0.39 is 12.1 Å². The highest BCUT2D eigenvalue weighted by Gasteiger charge is 2.15. The number of phenols is 1. The summed E-state index contributed by atoms with van der Waals surface area (Å²) in [5.74, 6) is 0.108. The van der Waals surface area contributed by atoms with Crippen LogP contribution < -0.4 is 5.73 Å². The fourth-order valence-electron chi connectivity index (χ4n) is 1.05. The van der Waals surface area contributed by atoms with E-state index in [1.54, 1.807) is 25.1 Å². The summed E-state index contributed by atoms with van der Waals surface area (Å²) in [6.07, 6.45) is -0.680. The molecule has 72 valence electrons. The molecule has 2 atom stereocenters. The van der Waals surface area contributed by atoms with Gasteiger partial charge in [0, 0.05) is 10.0 Å². The number of nitrogens with two attached hydrogens (primary N) is 1. The van der Waals surface area contributed by atoms with E-state index in [-0.39, 0.29) is 5.75 Å². The van der Waals surface area contributed by atoms with Gasteiger partial charge in [-0.2, -0.15) is 0 Å². The molecule has 0 spiro atoms. The fourth-order valence-corrected chi connectivity index (χ4v) is 1.43. The summed E-state index contributed by atoms with van der Waals surface area (Å²) in [4.78, 5) is 0. The Hall–Kier alpha value is -0.580. The van der Waals surface area contributed by atoms with E-state index >= 15 is 0 Å². The number of benzene rings is 1. The molecular weight excluding hydrogens is 234 g/mol. The molecule has 1 aromatic rings. The lowest BCUT2D eigenvalue weighted by atomic mass is 10.0. The zero-order chi connectivity index (χ0) is 10.0. The molecule has 3 nitrogen and oxygen atoms in total. The minimum Gasteiger partial charge on any atom is -0.508 e. The molecule has 0 fully saturated rings. The SMILES string of the molecule is CC(O)[C@H](N)c1cc(Br)ccc1O. The Morgan fingerprint density at radius 1 is 1.46 bits per heavy atom. The van der Waals surface area contributed by atoms with Crippen LogP contribution in [0.5, 0.6) is 5.75 Å². The number of aromatic hydroxyl groups is 1. The number of hydrogen-bond donors (Lipinski definition) is 3.